The zero-order chi connectivity index (χ0) is 13.2. The summed E-state index contributed by atoms with van der Waals surface area (Å²) in [6.45, 7) is 0.695. The largest absolute Gasteiger partial charge is 0.493 e. The highest BCUT2D eigenvalue weighted by atomic mass is 79.9. The third kappa shape index (κ3) is 2.69. The van der Waals surface area contributed by atoms with Gasteiger partial charge < -0.3 is 4.74 Å². The number of thiophene rings is 1. The average molecular weight is 339 g/mol. The molecule has 0 aliphatic carbocycles. The molecule has 5 heteroatoms. The molecule has 0 saturated carbocycles. The number of benzene rings is 1. The van der Waals surface area contributed by atoms with Crippen LogP contribution in [-0.2, 0) is 6.42 Å². The van der Waals surface area contributed by atoms with Gasteiger partial charge in [0, 0.05) is 32.3 Å². The number of nitrogens with one attached hydrogen (secondary N) is 1. The number of fused-ring (bicyclic) bond motifs is 1. The number of hydrazine groups is 1. The van der Waals surface area contributed by atoms with Crippen molar-refractivity contribution in [2.24, 2.45) is 5.84 Å². The zero-order valence-corrected chi connectivity index (χ0v) is 12.7. The van der Waals surface area contributed by atoms with Gasteiger partial charge in [-0.3, -0.25) is 11.3 Å². The molecule has 100 valence electrons. The van der Waals surface area contributed by atoms with E-state index in [9.17, 15) is 0 Å². The maximum Gasteiger partial charge on any atom is 0.122 e. The molecule has 0 saturated heterocycles. The minimum Gasteiger partial charge on any atom is -0.493 e. The number of halogens is 1. The molecular weight excluding hydrogens is 324 g/mol. The van der Waals surface area contributed by atoms with Crippen molar-refractivity contribution in [3.8, 4) is 5.75 Å². The van der Waals surface area contributed by atoms with Gasteiger partial charge in [0.25, 0.3) is 0 Å². The molecule has 2 heterocycles. The van der Waals surface area contributed by atoms with E-state index in [1.165, 1.54) is 10.4 Å². The lowest BCUT2D eigenvalue weighted by molar-refractivity contribution is 0.298. The van der Waals surface area contributed by atoms with E-state index < -0.39 is 0 Å². The van der Waals surface area contributed by atoms with Gasteiger partial charge in [0.15, 0.2) is 0 Å². The molecule has 19 heavy (non-hydrogen) atoms. The third-order valence-electron chi connectivity index (χ3n) is 3.48. The van der Waals surface area contributed by atoms with Crippen LogP contribution in [0.3, 0.4) is 0 Å². The average Bonchev–Trinajstić information content (AvgIpc) is 3.02. The summed E-state index contributed by atoms with van der Waals surface area (Å²) >= 11 is 5.24. The second-order valence-electron chi connectivity index (χ2n) is 4.66. The first kappa shape index (κ1) is 13.1. The summed E-state index contributed by atoms with van der Waals surface area (Å²) in [5.41, 5.74) is 4.20. The highest BCUT2D eigenvalue weighted by Gasteiger charge is 2.30. The van der Waals surface area contributed by atoms with Crippen molar-refractivity contribution in [1.82, 2.24) is 5.43 Å². The Morgan fingerprint density at radius 1 is 1.47 bits per heavy atom. The minimum atomic E-state index is 0.189. The number of nitrogens with two attached hydrogens (primary N) is 1. The molecule has 3 nitrogen and oxygen atoms in total. The predicted molar refractivity (Wildman–Crippen MR) is 81.5 cm³/mol. The van der Waals surface area contributed by atoms with E-state index in [0.29, 0.717) is 12.5 Å². The topological polar surface area (TPSA) is 47.3 Å². The smallest absolute Gasteiger partial charge is 0.122 e. The van der Waals surface area contributed by atoms with Crippen molar-refractivity contribution in [3.05, 3.63) is 50.6 Å². The molecule has 0 amide bonds. The highest BCUT2D eigenvalue weighted by molar-refractivity contribution is 9.10. The van der Waals surface area contributed by atoms with Crippen LogP contribution in [0.25, 0.3) is 0 Å². The van der Waals surface area contributed by atoms with E-state index >= 15 is 0 Å². The van der Waals surface area contributed by atoms with Crippen molar-refractivity contribution in [1.29, 1.82) is 0 Å². The van der Waals surface area contributed by atoms with Gasteiger partial charge in [0.1, 0.15) is 5.75 Å². The van der Waals surface area contributed by atoms with Crippen LogP contribution in [0.1, 0.15) is 16.4 Å². The molecule has 2 unspecified atom stereocenters. The molecule has 0 radical (unpaired) electrons. The number of para-hydroxylation sites is 1. The van der Waals surface area contributed by atoms with Crippen LogP contribution in [0.15, 0.2) is 40.2 Å². The summed E-state index contributed by atoms with van der Waals surface area (Å²) in [5.74, 6) is 7.05. The standard InChI is InChI=1S/C14H15BrN2OS/c15-9-5-10(19-8-9)6-13(17-16)12-7-18-14-4-2-1-3-11(12)14/h1-5,8,12-13,17H,6-7,16H2. The highest BCUT2D eigenvalue weighted by Crippen LogP contribution is 2.36. The number of ether oxygens (including phenoxy) is 1. The molecule has 2 aromatic rings. The van der Waals surface area contributed by atoms with Crippen LogP contribution in [0, 0.1) is 0 Å². The van der Waals surface area contributed by atoms with E-state index in [1.807, 2.05) is 12.1 Å². The van der Waals surface area contributed by atoms with E-state index in [4.69, 9.17) is 10.6 Å². The summed E-state index contributed by atoms with van der Waals surface area (Å²) in [4.78, 5) is 1.32. The van der Waals surface area contributed by atoms with Gasteiger partial charge in [-0.15, -0.1) is 11.3 Å². The fraction of sp³-hybridized carbons (Fsp3) is 0.286. The molecule has 0 bridgehead atoms. The SMILES string of the molecule is NNC(Cc1cc(Br)cs1)C1COc2ccccc21. The Bertz CT molecular complexity index is 572. The summed E-state index contributed by atoms with van der Waals surface area (Å²) in [7, 11) is 0. The third-order valence-corrected chi connectivity index (χ3v) is 5.20. The normalized spacial score (nSPS) is 18.9. The first-order chi connectivity index (χ1) is 9.28. The van der Waals surface area contributed by atoms with Gasteiger partial charge >= 0.3 is 0 Å². The maximum atomic E-state index is 5.75. The first-order valence-corrected chi connectivity index (χ1v) is 7.86. The number of rotatable bonds is 4. The molecule has 1 aromatic carbocycles. The van der Waals surface area contributed by atoms with Gasteiger partial charge in [-0.1, -0.05) is 18.2 Å². The summed E-state index contributed by atoms with van der Waals surface area (Å²) < 4.78 is 6.87. The van der Waals surface area contributed by atoms with Crippen LogP contribution in [0.5, 0.6) is 5.75 Å². The van der Waals surface area contributed by atoms with Crippen LogP contribution in [-0.4, -0.2) is 12.6 Å². The number of hydrogen-bond acceptors (Lipinski definition) is 4. The summed E-state index contributed by atoms with van der Waals surface area (Å²) in [6, 6.07) is 10.5. The zero-order valence-electron chi connectivity index (χ0n) is 10.3. The van der Waals surface area contributed by atoms with Gasteiger partial charge in [-0.05, 0) is 34.5 Å². The van der Waals surface area contributed by atoms with Crippen molar-refractivity contribution >= 4 is 27.3 Å². The molecule has 1 aliphatic heterocycles. The summed E-state index contributed by atoms with van der Waals surface area (Å²) in [6.07, 6.45) is 0.912. The molecule has 0 spiro atoms. The Balaban J connectivity index is 1.80. The second kappa shape index (κ2) is 5.63. The fourth-order valence-electron chi connectivity index (χ4n) is 2.52. The van der Waals surface area contributed by atoms with Crippen LogP contribution < -0.4 is 16.0 Å². The van der Waals surface area contributed by atoms with Crippen LogP contribution >= 0.6 is 27.3 Å². The fourth-order valence-corrected chi connectivity index (χ4v) is 4.03. The number of hydrogen-bond donors (Lipinski definition) is 2. The van der Waals surface area contributed by atoms with Gasteiger partial charge in [-0.25, -0.2) is 0 Å². The summed E-state index contributed by atoms with van der Waals surface area (Å²) in [5, 5.41) is 2.10. The van der Waals surface area contributed by atoms with Crippen molar-refractivity contribution in [2.75, 3.05) is 6.61 Å². The van der Waals surface area contributed by atoms with E-state index in [1.54, 1.807) is 11.3 Å². The lowest BCUT2D eigenvalue weighted by Gasteiger charge is -2.21. The van der Waals surface area contributed by atoms with Crippen molar-refractivity contribution in [2.45, 2.75) is 18.4 Å². The Morgan fingerprint density at radius 3 is 3.05 bits per heavy atom. The predicted octanol–water partition coefficient (Wildman–Crippen LogP) is 3.06. The maximum absolute atomic E-state index is 5.75. The lowest BCUT2D eigenvalue weighted by Crippen LogP contribution is -2.41. The van der Waals surface area contributed by atoms with E-state index in [-0.39, 0.29) is 6.04 Å². The van der Waals surface area contributed by atoms with Gasteiger partial charge in [0.2, 0.25) is 0 Å². The monoisotopic (exact) mass is 338 g/mol. The van der Waals surface area contributed by atoms with E-state index in [2.05, 4.69) is 44.9 Å². The van der Waals surface area contributed by atoms with Gasteiger partial charge in [-0.2, -0.15) is 0 Å². The van der Waals surface area contributed by atoms with Crippen LogP contribution in [0.4, 0.5) is 0 Å². The van der Waals surface area contributed by atoms with E-state index in [0.717, 1.165) is 16.6 Å². The van der Waals surface area contributed by atoms with Crippen molar-refractivity contribution in [3.63, 3.8) is 0 Å². The Kier molecular flexibility index (Phi) is 3.88. The van der Waals surface area contributed by atoms with Gasteiger partial charge in [0.05, 0.1) is 6.61 Å². The molecule has 2 atom stereocenters. The molecule has 1 aliphatic rings. The quantitative estimate of drug-likeness (QED) is 0.665. The van der Waals surface area contributed by atoms with Crippen LogP contribution in [0.2, 0.25) is 0 Å². The second-order valence-corrected chi connectivity index (χ2v) is 6.58. The Hall–Kier alpha value is -0.880. The molecule has 1 aromatic heterocycles. The Labute approximate surface area is 124 Å². The Morgan fingerprint density at radius 2 is 2.32 bits per heavy atom. The molecular formula is C14H15BrN2OS. The lowest BCUT2D eigenvalue weighted by atomic mass is 9.91. The molecule has 0 fully saturated rings. The van der Waals surface area contributed by atoms with Crippen molar-refractivity contribution < 1.29 is 4.74 Å². The first-order valence-electron chi connectivity index (χ1n) is 6.18. The molecule has 3 N–H and O–H groups in total. The molecule has 3 rings (SSSR count). The minimum absolute atomic E-state index is 0.189.